The molecule has 0 radical (unpaired) electrons. The highest BCUT2D eigenvalue weighted by atomic mass is 16.4. The first-order valence-electron chi connectivity index (χ1n) is 8.68. The molecule has 1 heterocycles. The molecule has 24 heavy (non-hydrogen) atoms. The Bertz CT molecular complexity index is 725. The van der Waals surface area contributed by atoms with Crippen LogP contribution in [0.2, 0.25) is 0 Å². The number of piperidine rings is 1. The van der Waals surface area contributed by atoms with Gasteiger partial charge in [-0.3, -0.25) is 9.69 Å². The van der Waals surface area contributed by atoms with Crippen molar-refractivity contribution in [2.24, 2.45) is 5.92 Å². The quantitative estimate of drug-likeness (QED) is 0.909. The van der Waals surface area contributed by atoms with Crippen LogP contribution in [0.1, 0.15) is 30.9 Å². The van der Waals surface area contributed by atoms with E-state index in [9.17, 15) is 9.90 Å². The normalized spacial score (nSPS) is 21.6. The second kappa shape index (κ2) is 7.18. The zero-order chi connectivity index (χ0) is 17.1. The highest BCUT2D eigenvalue weighted by molar-refractivity contribution is 5.71. The highest BCUT2D eigenvalue weighted by Gasteiger charge is 2.32. The fourth-order valence-corrected chi connectivity index (χ4v) is 3.73. The first kappa shape index (κ1) is 16.7. The van der Waals surface area contributed by atoms with Gasteiger partial charge < -0.3 is 5.11 Å². The Balaban J connectivity index is 1.80. The van der Waals surface area contributed by atoms with Crippen LogP contribution in [0.4, 0.5) is 0 Å². The van der Waals surface area contributed by atoms with Gasteiger partial charge in [-0.25, -0.2) is 0 Å². The molecule has 2 atom stereocenters. The molecule has 1 N–H and O–H groups in total. The molecule has 0 spiro atoms. The Kier molecular flexibility index (Phi) is 5.00. The van der Waals surface area contributed by atoms with E-state index in [0.717, 1.165) is 25.9 Å². The van der Waals surface area contributed by atoms with Crippen LogP contribution in [0.25, 0.3) is 11.1 Å². The summed E-state index contributed by atoms with van der Waals surface area (Å²) >= 11 is 0. The van der Waals surface area contributed by atoms with Gasteiger partial charge in [-0.05, 0) is 61.6 Å². The van der Waals surface area contributed by atoms with E-state index in [1.165, 1.54) is 22.3 Å². The Morgan fingerprint density at radius 2 is 2.00 bits per heavy atom. The molecular formula is C21H25NO2. The Labute approximate surface area is 143 Å². The van der Waals surface area contributed by atoms with Gasteiger partial charge in [-0.2, -0.15) is 0 Å². The van der Waals surface area contributed by atoms with E-state index in [4.69, 9.17) is 0 Å². The summed E-state index contributed by atoms with van der Waals surface area (Å²) in [6.07, 6.45) is 1.75. The standard InChI is InChI=1S/C21H25NO2/c1-15-7-3-4-10-19(15)18-9-5-8-17(13-18)14-22-12-6-11-20(16(22)2)21(23)24/h3-5,7-10,13,16,20H,6,11-12,14H2,1-2H3,(H,23,24)/t16-,20-/m1/s1. The SMILES string of the molecule is Cc1ccccc1-c1cccc(CN2CCC[C@@H](C(=O)O)[C@H]2C)c1. The van der Waals surface area contributed by atoms with Crippen LogP contribution in [-0.4, -0.2) is 28.6 Å². The van der Waals surface area contributed by atoms with E-state index in [0.29, 0.717) is 0 Å². The Morgan fingerprint density at radius 3 is 2.75 bits per heavy atom. The lowest BCUT2D eigenvalue weighted by atomic mass is 9.90. The van der Waals surface area contributed by atoms with Crippen LogP contribution in [0.5, 0.6) is 0 Å². The van der Waals surface area contributed by atoms with Crippen molar-refractivity contribution in [3.63, 3.8) is 0 Å². The van der Waals surface area contributed by atoms with Crippen LogP contribution < -0.4 is 0 Å². The lowest BCUT2D eigenvalue weighted by Crippen LogP contribution is -2.45. The van der Waals surface area contributed by atoms with E-state index in [-0.39, 0.29) is 12.0 Å². The van der Waals surface area contributed by atoms with Gasteiger partial charge >= 0.3 is 5.97 Å². The van der Waals surface area contributed by atoms with Crippen molar-refractivity contribution >= 4 is 5.97 Å². The first-order chi connectivity index (χ1) is 11.6. The van der Waals surface area contributed by atoms with Crippen molar-refractivity contribution in [1.29, 1.82) is 0 Å². The van der Waals surface area contributed by atoms with E-state index in [2.05, 4.69) is 60.4 Å². The molecule has 126 valence electrons. The molecule has 1 aliphatic heterocycles. The molecule has 3 rings (SSSR count). The maximum Gasteiger partial charge on any atom is 0.308 e. The zero-order valence-electron chi connectivity index (χ0n) is 14.4. The molecule has 1 aliphatic rings. The number of aryl methyl sites for hydroxylation is 1. The minimum atomic E-state index is -0.666. The number of carboxylic acid groups (broad SMARTS) is 1. The maximum absolute atomic E-state index is 11.4. The fraction of sp³-hybridized carbons (Fsp3) is 0.381. The van der Waals surface area contributed by atoms with Crippen molar-refractivity contribution in [3.05, 3.63) is 59.7 Å². The number of hydrogen-bond donors (Lipinski definition) is 1. The number of likely N-dealkylation sites (tertiary alicyclic amines) is 1. The van der Waals surface area contributed by atoms with Gasteiger partial charge in [-0.1, -0.05) is 42.5 Å². The molecule has 0 aromatic heterocycles. The highest BCUT2D eigenvalue weighted by Crippen LogP contribution is 2.28. The number of benzene rings is 2. The third-order valence-electron chi connectivity index (χ3n) is 5.20. The van der Waals surface area contributed by atoms with Gasteiger partial charge in [0.05, 0.1) is 5.92 Å². The van der Waals surface area contributed by atoms with Gasteiger partial charge in [-0.15, -0.1) is 0 Å². The molecule has 3 heteroatoms. The number of carbonyl (C=O) groups is 1. The van der Waals surface area contributed by atoms with Crippen molar-refractivity contribution in [3.8, 4) is 11.1 Å². The van der Waals surface area contributed by atoms with Crippen molar-refractivity contribution in [1.82, 2.24) is 4.90 Å². The van der Waals surface area contributed by atoms with E-state index >= 15 is 0 Å². The average molecular weight is 323 g/mol. The smallest absolute Gasteiger partial charge is 0.308 e. The number of aliphatic carboxylic acids is 1. The molecule has 0 saturated carbocycles. The molecular weight excluding hydrogens is 298 g/mol. The largest absolute Gasteiger partial charge is 0.481 e. The number of carboxylic acids is 1. The molecule has 1 fully saturated rings. The van der Waals surface area contributed by atoms with Crippen molar-refractivity contribution in [2.45, 2.75) is 39.3 Å². The predicted octanol–water partition coefficient (Wildman–Crippen LogP) is 4.35. The third kappa shape index (κ3) is 3.51. The second-order valence-corrected chi connectivity index (χ2v) is 6.81. The minimum absolute atomic E-state index is 0.0818. The van der Waals surface area contributed by atoms with Crippen LogP contribution in [0, 0.1) is 12.8 Å². The summed E-state index contributed by atoms with van der Waals surface area (Å²) in [5, 5.41) is 9.39. The molecule has 0 amide bonds. The lowest BCUT2D eigenvalue weighted by Gasteiger charge is -2.37. The topological polar surface area (TPSA) is 40.5 Å². The lowest BCUT2D eigenvalue weighted by molar-refractivity contribution is -0.145. The first-order valence-corrected chi connectivity index (χ1v) is 8.68. The van der Waals surface area contributed by atoms with Crippen molar-refractivity contribution < 1.29 is 9.90 Å². The summed E-state index contributed by atoms with van der Waals surface area (Å²) in [4.78, 5) is 13.7. The van der Waals surface area contributed by atoms with E-state index < -0.39 is 5.97 Å². The molecule has 2 aromatic carbocycles. The molecule has 2 aromatic rings. The zero-order valence-corrected chi connectivity index (χ0v) is 14.4. The van der Waals surface area contributed by atoms with Crippen LogP contribution >= 0.6 is 0 Å². The van der Waals surface area contributed by atoms with Gasteiger partial charge in [0.1, 0.15) is 0 Å². The van der Waals surface area contributed by atoms with E-state index in [1.54, 1.807) is 0 Å². The van der Waals surface area contributed by atoms with Crippen LogP contribution in [0.3, 0.4) is 0 Å². The third-order valence-corrected chi connectivity index (χ3v) is 5.20. The summed E-state index contributed by atoms with van der Waals surface area (Å²) in [6, 6.07) is 17.1. The maximum atomic E-state index is 11.4. The summed E-state index contributed by atoms with van der Waals surface area (Å²) in [7, 11) is 0. The van der Waals surface area contributed by atoms with Crippen LogP contribution in [-0.2, 0) is 11.3 Å². The monoisotopic (exact) mass is 323 g/mol. The molecule has 1 saturated heterocycles. The number of rotatable bonds is 4. The van der Waals surface area contributed by atoms with Gasteiger partial charge in [0.15, 0.2) is 0 Å². The summed E-state index contributed by atoms with van der Waals surface area (Å²) < 4.78 is 0. The molecule has 3 nitrogen and oxygen atoms in total. The van der Waals surface area contributed by atoms with Gasteiger partial charge in [0, 0.05) is 12.6 Å². The minimum Gasteiger partial charge on any atom is -0.481 e. The second-order valence-electron chi connectivity index (χ2n) is 6.81. The van der Waals surface area contributed by atoms with Gasteiger partial charge in [0.25, 0.3) is 0 Å². The Hall–Kier alpha value is -2.13. The van der Waals surface area contributed by atoms with Crippen molar-refractivity contribution in [2.75, 3.05) is 6.54 Å². The van der Waals surface area contributed by atoms with E-state index in [1.807, 2.05) is 6.92 Å². The molecule has 0 unspecified atom stereocenters. The summed E-state index contributed by atoms with van der Waals surface area (Å²) in [5.41, 5.74) is 5.00. The summed E-state index contributed by atoms with van der Waals surface area (Å²) in [6.45, 7) is 5.96. The number of hydrogen-bond acceptors (Lipinski definition) is 2. The van der Waals surface area contributed by atoms with Crippen LogP contribution in [0.15, 0.2) is 48.5 Å². The fourth-order valence-electron chi connectivity index (χ4n) is 3.73. The predicted molar refractivity (Wildman–Crippen MR) is 96.8 cm³/mol. The molecule has 0 aliphatic carbocycles. The van der Waals surface area contributed by atoms with Gasteiger partial charge in [0.2, 0.25) is 0 Å². The Morgan fingerprint density at radius 1 is 1.21 bits per heavy atom. The molecule has 0 bridgehead atoms. The summed E-state index contributed by atoms with van der Waals surface area (Å²) in [5.74, 6) is -0.917. The number of nitrogens with zero attached hydrogens (tertiary/aromatic N) is 1. The average Bonchev–Trinajstić information content (AvgIpc) is 2.57.